The summed E-state index contributed by atoms with van der Waals surface area (Å²) in [5.74, 6) is -0.329. The van der Waals surface area contributed by atoms with Crippen LogP contribution in [0.3, 0.4) is 0 Å². The summed E-state index contributed by atoms with van der Waals surface area (Å²) in [6.07, 6.45) is 0.274. The van der Waals surface area contributed by atoms with Gasteiger partial charge in [0.2, 0.25) is 6.41 Å². The van der Waals surface area contributed by atoms with Gasteiger partial charge in [-0.05, 0) is 67.9 Å². The van der Waals surface area contributed by atoms with Gasteiger partial charge in [0.15, 0.2) is 0 Å². The number of fused-ring (bicyclic) bond motifs is 1. The fourth-order valence-electron chi connectivity index (χ4n) is 4.30. The van der Waals surface area contributed by atoms with Gasteiger partial charge in [-0.2, -0.15) is 13.2 Å². The number of methoxy groups -OCH3 is 1. The van der Waals surface area contributed by atoms with Crippen LogP contribution in [0.4, 0.5) is 13.2 Å². The molecule has 0 saturated carbocycles. The highest BCUT2D eigenvalue weighted by atomic mass is 35.5. The van der Waals surface area contributed by atoms with Crippen LogP contribution < -0.4 is 11.1 Å². The monoisotopic (exact) mass is 561 g/mol. The molecule has 37 heavy (non-hydrogen) atoms. The van der Waals surface area contributed by atoms with Crippen LogP contribution in [0.5, 0.6) is 0 Å². The highest BCUT2D eigenvalue weighted by Crippen LogP contribution is 2.36. The number of aryl methyl sites for hydroxylation is 2. The van der Waals surface area contributed by atoms with Crippen LogP contribution in [0.1, 0.15) is 48.9 Å². The molecule has 3 N–H and O–H groups in total. The number of aromatic nitrogens is 1. The third kappa shape index (κ3) is 8.43. The van der Waals surface area contributed by atoms with Crippen LogP contribution >= 0.6 is 23.2 Å². The van der Waals surface area contributed by atoms with E-state index in [-0.39, 0.29) is 29.8 Å². The van der Waals surface area contributed by atoms with E-state index < -0.39 is 11.7 Å². The Labute approximate surface area is 224 Å². The van der Waals surface area contributed by atoms with Gasteiger partial charge in [0.05, 0.1) is 17.7 Å². The first-order valence-corrected chi connectivity index (χ1v) is 12.5. The second-order valence-electron chi connectivity index (χ2n) is 8.89. The Hall–Kier alpha value is -2.65. The topological polar surface area (TPSA) is 86.3 Å². The summed E-state index contributed by atoms with van der Waals surface area (Å²) < 4.78 is 46.5. The highest BCUT2D eigenvalue weighted by molar-refractivity contribution is 6.35. The van der Waals surface area contributed by atoms with Crippen molar-refractivity contribution in [3.8, 4) is 0 Å². The first-order valence-electron chi connectivity index (χ1n) is 11.8. The standard InChI is InChI=1S/C26H32Cl2F3N3O3/c1-16-9-18(26(29,30)31)11-24-20(16)12-19(34(24)2)13-21(23(28)14-32)22(27)6-4-5-17(7-8-33-15-35)10-25(36)37-3/h9,11-12,14-15,17H,4-8,10,13,32H2,1-3H3,(H,33,35)/b22-21+,23-14+. The van der Waals surface area contributed by atoms with E-state index in [0.717, 1.165) is 17.8 Å². The number of amides is 1. The maximum absolute atomic E-state index is 13.3. The molecule has 1 aromatic heterocycles. The third-order valence-electron chi connectivity index (χ3n) is 6.39. The van der Waals surface area contributed by atoms with Crippen LogP contribution in [0.25, 0.3) is 10.9 Å². The van der Waals surface area contributed by atoms with Crippen molar-refractivity contribution >= 4 is 46.5 Å². The van der Waals surface area contributed by atoms with Crippen LogP contribution in [0.2, 0.25) is 0 Å². The average molecular weight is 562 g/mol. The van der Waals surface area contributed by atoms with Crippen molar-refractivity contribution in [2.75, 3.05) is 13.7 Å². The molecule has 0 aliphatic carbocycles. The Kier molecular flexibility index (Phi) is 11.4. The minimum Gasteiger partial charge on any atom is -0.469 e. The van der Waals surface area contributed by atoms with Crippen molar-refractivity contribution in [1.29, 1.82) is 0 Å². The van der Waals surface area contributed by atoms with Crippen molar-refractivity contribution in [2.45, 2.75) is 51.6 Å². The minimum atomic E-state index is -4.45. The van der Waals surface area contributed by atoms with Gasteiger partial charge >= 0.3 is 12.1 Å². The molecular weight excluding hydrogens is 530 g/mol. The smallest absolute Gasteiger partial charge is 0.416 e. The summed E-state index contributed by atoms with van der Waals surface area (Å²) >= 11 is 13.1. The molecule has 6 nitrogen and oxygen atoms in total. The number of nitrogens with two attached hydrogens (primary N) is 1. The lowest BCUT2D eigenvalue weighted by atomic mass is 9.94. The summed E-state index contributed by atoms with van der Waals surface area (Å²) in [7, 11) is 3.03. The number of alkyl halides is 3. The van der Waals surface area contributed by atoms with Gasteiger partial charge in [-0.25, -0.2) is 0 Å². The number of rotatable bonds is 13. The summed E-state index contributed by atoms with van der Waals surface area (Å²) in [5.41, 5.74) is 7.26. The van der Waals surface area contributed by atoms with Crippen LogP contribution in [0.15, 0.2) is 40.0 Å². The van der Waals surface area contributed by atoms with Crippen molar-refractivity contribution in [3.05, 3.63) is 56.9 Å². The zero-order chi connectivity index (χ0) is 27.8. The Balaban J connectivity index is 2.27. The fourth-order valence-corrected chi connectivity index (χ4v) is 4.83. The molecule has 1 aromatic carbocycles. The number of carbonyl (C=O) groups excluding carboxylic acids is 2. The molecule has 1 atom stereocenters. The number of carbonyl (C=O) groups is 2. The van der Waals surface area contributed by atoms with Crippen molar-refractivity contribution in [2.24, 2.45) is 18.7 Å². The first-order chi connectivity index (χ1) is 17.4. The zero-order valence-corrected chi connectivity index (χ0v) is 22.6. The number of allylic oxidation sites excluding steroid dienone is 3. The first kappa shape index (κ1) is 30.6. The highest BCUT2D eigenvalue weighted by Gasteiger charge is 2.31. The predicted molar refractivity (Wildman–Crippen MR) is 140 cm³/mol. The number of benzene rings is 1. The van der Waals surface area contributed by atoms with Crippen molar-refractivity contribution < 1.29 is 27.5 Å². The molecular formula is C26H32Cl2F3N3O3. The van der Waals surface area contributed by atoms with Gasteiger partial charge in [-0.1, -0.05) is 23.2 Å². The number of ether oxygens (including phenoxy) is 1. The lowest BCUT2D eigenvalue weighted by Gasteiger charge is -2.16. The van der Waals surface area contributed by atoms with Gasteiger partial charge in [-0.15, -0.1) is 0 Å². The largest absolute Gasteiger partial charge is 0.469 e. The normalized spacial score (nSPS) is 13.9. The predicted octanol–water partition coefficient (Wildman–Crippen LogP) is 6.07. The molecule has 0 saturated heterocycles. The molecule has 1 amide bonds. The van der Waals surface area contributed by atoms with Gasteiger partial charge in [-0.3, -0.25) is 9.59 Å². The average Bonchev–Trinajstić information content (AvgIpc) is 3.17. The van der Waals surface area contributed by atoms with Crippen LogP contribution in [-0.4, -0.2) is 30.6 Å². The van der Waals surface area contributed by atoms with E-state index >= 15 is 0 Å². The van der Waals surface area contributed by atoms with E-state index in [0.29, 0.717) is 65.7 Å². The van der Waals surface area contributed by atoms with Gasteiger partial charge in [0.1, 0.15) is 0 Å². The molecule has 11 heteroatoms. The molecule has 0 bridgehead atoms. The molecule has 1 heterocycles. The maximum Gasteiger partial charge on any atom is 0.416 e. The third-order valence-corrected chi connectivity index (χ3v) is 7.16. The number of hydrogen-bond acceptors (Lipinski definition) is 4. The van der Waals surface area contributed by atoms with Gasteiger partial charge in [0, 0.05) is 54.3 Å². The number of esters is 1. The molecule has 0 fully saturated rings. The van der Waals surface area contributed by atoms with Crippen molar-refractivity contribution in [1.82, 2.24) is 9.88 Å². The summed E-state index contributed by atoms with van der Waals surface area (Å²) in [5, 5.41) is 4.04. The lowest BCUT2D eigenvalue weighted by Crippen LogP contribution is -2.18. The summed E-state index contributed by atoms with van der Waals surface area (Å²) in [4.78, 5) is 22.3. The van der Waals surface area contributed by atoms with E-state index in [9.17, 15) is 22.8 Å². The second kappa shape index (κ2) is 13.8. The molecule has 0 aliphatic heterocycles. The second-order valence-corrected chi connectivity index (χ2v) is 9.76. The SMILES string of the molecule is COC(=O)CC(CCC/C(Cl)=C(Cc1cc2c(C)cc(C(F)(F)F)cc2n1C)\C(Cl)=C/N)CCNC=O. The number of nitrogens with one attached hydrogen (secondary N) is 1. The van der Waals surface area contributed by atoms with E-state index in [1.807, 2.05) is 6.07 Å². The van der Waals surface area contributed by atoms with E-state index in [1.54, 1.807) is 18.5 Å². The Morgan fingerprint density at radius 1 is 1.24 bits per heavy atom. The lowest BCUT2D eigenvalue weighted by molar-refractivity contribution is -0.142. The van der Waals surface area contributed by atoms with Gasteiger partial charge in [0.25, 0.3) is 0 Å². The Bertz CT molecular complexity index is 1170. The van der Waals surface area contributed by atoms with Gasteiger partial charge < -0.3 is 20.4 Å². The van der Waals surface area contributed by atoms with Crippen LogP contribution in [0, 0.1) is 12.8 Å². The summed E-state index contributed by atoms with van der Waals surface area (Å²) in [6.45, 7) is 2.09. The molecule has 204 valence electrons. The Morgan fingerprint density at radius 3 is 2.54 bits per heavy atom. The van der Waals surface area contributed by atoms with E-state index in [4.69, 9.17) is 33.7 Å². The van der Waals surface area contributed by atoms with E-state index in [2.05, 4.69) is 5.32 Å². The summed E-state index contributed by atoms with van der Waals surface area (Å²) in [6, 6.07) is 4.11. The Morgan fingerprint density at radius 2 is 1.95 bits per heavy atom. The molecule has 0 spiro atoms. The number of nitrogens with zero attached hydrogens (tertiary/aromatic N) is 1. The quantitative estimate of drug-likeness (QED) is 0.134. The maximum atomic E-state index is 13.3. The molecule has 0 aliphatic rings. The zero-order valence-electron chi connectivity index (χ0n) is 21.1. The fraction of sp³-hybridized carbons (Fsp3) is 0.462. The molecule has 2 rings (SSSR count). The number of hydrogen-bond donors (Lipinski definition) is 2. The molecule has 1 unspecified atom stereocenters. The van der Waals surface area contributed by atoms with Crippen LogP contribution in [-0.2, 0) is 34.0 Å². The van der Waals surface area contributed by atoms with Crippen molar-refractivity contribution in [3.63, 3.8) is 0 Å². The molecule has 0 radical (unpaired) electrons. The number of halogens is 5. The molecule has 2 aromatic rings. The van der Waals surface area contributed by atoms with E-state index in [1.165, 1.54) is 13.3 Å². The minimum absolute atomic E-state index is 0.00249.